The van der Waals surface area contributed by atoms with Crippen LogP contribution in [0.25, 0.3) is 5.57 Å². The SMILES string of the molecule is C=C1C=C(C(=O)OCC)Oc2cc3c(c(OC4CCCCC4)c21)CC(C(C)(C)O)O3. The van der Waals surface area contributed by atoms with Gasteiger partial charge in [0.1, 0.15) is 23.4 Å². The van der Waals surface area contributed by atoms with Crippen LogP contribution in [0.15, 0.2) is 24.5 Å². The molecule has 0 spiro atoms. The zero-order valence-electron chi connectivity index (χ0n) is 18.0. The fraction of sp³-hybridized carbons (Fsp3) is 0.542. The number of rotatable bonds is 5. The number of esters is 1. The average molecular weight is 414 g/mol. The smallest absolute Gasteiger partial charge is 0.374 e. The monoisotopic (exact) mass is 414 g/mol. The molecule has 6 nitrogen and oxygen atoms in total. The minimum absolute atomic E-state index is 0.0925. The van der Waals surface area contributed by atoms with Gasteiger partial charge in [-0.25, -0.2) is 4.79 Å². The summed E-state index contributed by atoms with van der Waals surface area (Å²) in [6, 6.07) is 1.77. The van der Waals surface area contributed by atoms with Crippen molar-refractivity contribution in [3.63, 3.8) is 0 Å². The molecule has 3 aliphatic rings. The number of hydrogen-bond donors (Lipinski definition) is 1. The molecule has 0 bridgehead atoms. The van der Waals surface area contributed by atoms with Crippen molar-refractivity contribution in [3.8, 4) is 17.2 Å². The number of carbonyl (C=O) groups is 1. The van der Waals surface area contributed by atoms with E-state index in [0.717, 1.165) is 36.8 Å². The fourth-order valence-electron chi connectivity index (χ4n) is 4.27. The average Bonchev–Trinajstić information content (AvgIpc) is 3.13. The van der Waals surface area contributed by atoms with Crippen LogP contribution in [0.1, 0.15) is 64.0 Å². The number of carbonyl (C=O) groups excluding carboxylic acids is 1. The molecule has 4 rings (SSSR count). The van der Waals surface area contributed by atoms with Gasteiger partial charge < -0.3 is 24.1 Å². The highest BCUT2D eigenvalue weighted by Crippen LogP contribution is 2.50. The third-order valence-corrected chi connectivity index (χ3v) is 5.91. The number of benzene rings is 1. The van der Waals surface area contributed by atoms with Crippen molar-refractivity contribution in [2.75, 3.05) is 6.61 Å². The van der Waals surface area contributed by atoms with E-state index in [1.165, 1.54) is 6.42 Å². The Kier molecular flexibility index (Phi) is 5.53. The predicted octanol–water partition coefficient (Wildman–Crippen LogP) is 4.33. The second-order valence-electron chi connectivity index (χ2n) is 8.75. The largest absolute Gasteiger partial charge is 0.489 e. The third-order valence-electron chi connectivity index (χ3n) is 5.91. The molecule has 1 unspecified atom stereocenters. The lowest BCUT2D eigenvalue weighted by Crippen LogP contribution is -2.39. The first-order valence-electron chi connectivity index (χ1n) is 10.8. The lowest BCUT2D eigenvalue weighted by atomic mass is 9.92. The van der Waals surface area contributed by atoms with E-state index < -0.39 is 17.7 Å². The molecule has 1 aromatic rings. The van der Waals surface area contributed by atoms with Gasteiger partial charge in [0.2, 0.25) is 5.76 Å². The Morgan fingerprint density at radius 2 is 2.00 bits per heavy atom. The van der Waals surface area contributed by atoms with E-state index in [-0.39, 0.29) is 18.5 Å². The summed E-state index contributed by atoms with van der Waals surface area (Å²) in [4.78, 5) is 12.2. The van der Waals surface area contributed by atoms with Crippen molar-refractivity contribution in [2.24, 2.45) is 0 Å². The molecular weight excluding hydrogens is 384 g/mol. The van der Waals surface area contributed by atoms with Crippen molar-refractivity contribution < 1.29 is 28.8 Å². The quantitative estimate of drug-likeness (QED) is 0.723. The van der Waals surface area contributed by atoms with Crippen molar-refractivity contribution in [1.29, 1.82) is 0 Å². The van der Waals surface area contributed by atoms with E-state index in [1.54, 1.807) is 32.9 Å². The molecule has 0 amide bonds. The molecule has 1 atom stereocenters. The standard InChI is InChI=1S/C24H30O6/c1-5-27-23(25)19-11-14(2)21-18(29-19)13-17-16(12-20(30-17)24(3,4)26)22(21)28-15-9-7-6-8-10-15/h11,13,15,20,26H,2,5-10,12H2,1,3-4H3. The Balaban J connectivity index is 1.74. The van der Waals surface area contributed by atoms with Crippen molar-refractivity contribution in [1.82, 2.24) is 0 Å². The lowest BCUT2D eigenvalue weighted by Gasteiger charge is -2.28. The Morgan fingerprint density at radius 3 is 2.67 bits per heavy atom. The first-order chi connectivity index (χ1) is 14.3. The van der Waals surface area contributed by atoms with E-state index in [0.29, 0.717) is 29.2 Å². The van der Waals surface area contributed by atoms with Crippen LogP contribution in [0.4, 0.5) is 0 Å². The maximum Gasteiger partial charge on any atom is 0.374 e. The van der Waals surface area contributed by atoms with Crippen molar-refractivity contribution >= 4 is 11.5 Å². The predicted molar refractivity (Wildman–Crippen MR) is 113 cm³/mol. The lowest BCUT2D eigenvalue weighted by molar-refractivity contribution is -0.141. The van der Waals surface area contributed by atoms with Gasteiger partial charge in [0.15, 0.2) is 0 Å². The van der Waals surface area contributed by atoms with Crippen molar-refractivity contribution in [2.45, 2.75) is 77.1 Å². The zero-order chi connectivity index (χ0) is 21.5. The van der Waals surface area contributed by atoms with Gasteiger partial charge >= 0.3 is 5.97 Å². The van der Waals surface area contributed by atoms with Crippen LogP contribution >= 0.6 is 0 Å². The summed E-state index contributed by atoms with van der Waals surface area (Å²) >= 11 is 0. The number of ether oxygens (including phenoxy) is 4. The molecule has 1 aromatic carbocycles. The number of allylic oxidation sites excluding steroid dienone is 2. The van der Waals surface area contributed by atoms with E-state index in [4.69, 9.17) is 18.9 Å². The number of aliphatic hydroxyl groups is 1. The molecule has 1 fully saturated rings. The molecule has 1 saturated carbocycles. The zero-order valence-corrected chi connectivity index (χ0v) is 18.0. The summed E-state index contributed by atoms with van der Waals surface area (Å²) in [6.07, 6.45) is 7.41. The van der Waals surface area contributed by atoms with Crippen LogP contribution in [0, 0.1) is 0 Å². The summed E-state index contributed by atoms with van der Waals surface area (Å²) in [7, 11) is 0. The van der Waals surface area contributed by atoms with Gasteiger partial charge in [-0.05, 0) is 58.1 Å². The molecule has 1 aliphatic carbocycles. The molecule has 6 heteroatoms. The highest BCUT2D eigenvalue weighted by Gasteiger charge is 2.40. The maximum atomic E-state index is 12.2. The van der Waals surface area contributed by atoms with Crippen molar-refractivity contribution in [3.05, 3.63) is 35.6 Å². The minimum Gasteiger partial charge on any atom is -0.489 e. The van der Waals surface area contributed by atoms with E-state index in [1.807, 2.05) is 0 Å². The molecule has 0 aromatic heterocycles. The van der Waals surface area contributed by atoms with E-state index >= 15 is 0 Å². The van der Waals surface area contributed by atoms with E-state index in [9.17, 15) is 9.90 Å². The Labute approximate surface area is 177 Å². The van der Waals surface area contributed by atoms with Crippen LogP contribution in [0.5, 0.6) is 17.2 Å². The summed E-state index contributed by atoms with van der Waals surface area (Å²) in [5.74, 6) is 1.34. The molecule has 1 N–H and O–H groups in total. The maximum absolute atomic E-state index is 12.2. The van der Waals surface area contributed by atoms with Crippen LogP contribution < -0.4 is 14.2 Å². The van der Waals surface area contributed by atoms with E-state index in [2.05, 4.69) is 6.58 Å². The normalized spacial score (nSPS) is 21.1. The summed E-state index contributed by atoms with van der Waals surface area (Å²) in [5.41, 5.74) is 1.30. The fourth-order valence-corrected chi connectivity index (χ4v) is 4.27. The van der Waals surface area contributed by atoms with Crippen LogP contribution in [-0.2, 0) is 16.0 Å². The first-order valence-corrected chi connectivity index (χ1v) is 10.8. The first kappa shape index (κ1) is 20.8. The minimum atomic E-state index is -1.01. The molecule has 2 aliphatic heterocycles. The molecule has 162 valence electrons. The summed E-state index contributed by atoms with van der Waals surface area (Å²) < 4.78 is 23.6. The Morgan fingerprint density at radius 1 is 1.27 bits per heavy atom. The summed E-state index contributed by atoms with van der Waals surface area (Å²) in [6.45, 7) is 9.64. The third kappa shape index (κ3) is 3.93. The Bertz CT molecular complexity index is 886. The van der Waals surface area contributed by atoms with Crippen LogP contribution in [0.3, 0.4) is 0 Å². The summed E-state index contributed by atoms with van der Waals surface area (Å²) in [5, 5.41) is 10.5. The Hall–Kier alpha value is -2.47. The van der Waals surface area contributed by atoms with Gasteiger partial charge in [-0.1, -0.05) is 13.0 Å². The van der Waals surface area contributed by atoms with Crippen LogP contribution in [0.2, 0.25) is 0 Å². The van der Waals surface area contributed by atoms with Gasteiger partial charge in [-0.15, -0.1) is 0 Å². The number of fused-ring (bicyclic) bond motifs is 2. The van der Waals surface area contributed by atoms with Gasteiger partial charge in [0.25, 0.3) is 0 Å². The second-order valence-corrected chi connectivity index (χ2v) is 8.75. The van der Waals surface area contributed by atoms with Gasteiger partial charge in [-0.2, -0.15) is 0 Å². The molecule has 0 saturated heterocycles. The molecular formula is C24H30O6. The van der Waals surface area contributed by atoms with Gasteiger partial charge in [0, 0.05) is 18.1 Å². The van der Waals surface area contributed by atoms with Gasteiger partial charge in [-0.3, -0.25) is 0 Å². The molecule has 0 radical (unpaired) electrons. The van der Waals surface area contributed by atoms with Gasteiger partial charge in [0.05, 0.1) is 23.9 Å². The van der Waals surface area contributed by atoms with Crippen LogP contribution in [-0.4, -0.2) is 35.5 Å². The molecule has 2 heterocycles. The topological polar surface area (TPSA) is 74.2 Å². The highest BCUT2D eigenvalue weighted by atomic mass is 16.6. The highest BCUT2D eigenvalue weighted by molar-refractivity contribution is 5.95. The number of hydrogen-bond acceptors (Lipinski definition) is 6. The molecule has 30 heavy (non-hydrogen) atoms. The second kappa shape index (κ2) is 7.99.